The quantitative estimate of drug-likeness (QED) is 0.585. The van der Waals surface area contributed by atoms with Crippen molar-refractivity contribution in [1.82, 2.24) is 5.32 Å². The molecule has 0 saturated carbocycles. The molecule has 12 heteroatoms. The molecule has 0 aliphatic carbocycles. The summed E-state index contributed by atoms with van der Waals surface area (Å²) in [7, 11) is -3.65. The van der Waals surface area contributed by atoms with E-state index in [1.165, 1.54) is 13.0 Å². The molecule has 2 atom stereocenters. The van der Waals surface area contributed by atoms with E-state index in [4.69, 9.17) is 16.3 Å². The van der Waals surface area contributed by atoms with Crippen LogP contribution in [0.2, 0.25) is 4.34 Å². The molecule has 0 radical (unpaired) electrons. The maximum absolute atomic E-state index is 13.0. The normalized spacial score (nSPS) is 16.2. The first kappa shape index (κ1) is 25.2. The zero-order valence-electron chi connectivity index (χ0n) is 18.3. The molecule has 1 saturated heterocycles. The smallest absolute Gasteiger partial charge is 0.262 e. The fourth-order valence-corrected chi connectivity index (χ4v) is 4.95. The topological polar surface area (TPSA) is 122 Å². The number of morpholine rings is 1. The van der Waals surface area contributed by atoms with Crippen LogP contribution in [0, 0.1) is 6.92 Å². The Morgan fingerprint density at radius 1 is 1.24 bits per heavy atom. The Bertz CT molecular complexity index is 1180. The zero-order valence-corrected chi connectivity index (χ0v) is 20.6. The van der Waals surface area contributed by atoms with Crippen molar-refractivity contribution in [2.45, 2.75) is 25.1 Å². The number of halogens is 1. The van der Waals surface area contributed by atoms with Crippen molar-refractivity contribution >= 4 is 61.9 Å². The molecule has 3 amide bonds. The van der Waals surface area contributed by atoms with Gasteiger partial charge in [-0.3, -0.25) is 14.4 Å². The van der Waals surface area contributed by atoms with E-state index in [1.54, 1.807) is 36.1 Å². The van der Waals surface area contributed by atoms with Crippen LogP contribution >= 0.6 is 22.9 Å². The number of carbonyl (C=O) groups excluding carboxylic acids is 3. The van der Waals surface area contributed by atoms with Gasteiger partial charge in [0.15, 0.2) is 9.84 Å². The van der Waals surface area contributed by atoms with Crippen molar-refractivity contribution in [3.8, 4) is 0 Å². The standard InChI is InChI=1S/C21H24ClN3O6S2/c1-12-10-14(4-5-15(12)25-8-9-31-11-18(25)26)23-21(28)19(13(2)33(3,29)30)24-20(27)16-6-7-17(22)32-16/h4-7,10,13,19H,8-9,11H2,1-3H3,(H,23,28)(H,24,27). The van der Waals surface area contributed by atoms with Gasteiger partial charge < -0.3 is 20.3 Å². The number of anilines is 2. The summed E-state index contributed by atoms with van der Waals surface area (Å²) in [6.07, 6.45) is 1.00. The van der Waals surface area contributed by atoms with Crippen LogP contribution in [-0.4, -0.2) is 63.4 Å². The van der Waals surface area contributed by atoms with Gasteiger partial charge in [-0.15, -0.1) is 11.3 Å². The van der Waals surface area contributed by atoms with Crippen molar-refractivity contribution in [2.75, 3.05) is 36.2 Å². The average molecular weight is 514 g/mol. The van der Waals surface area contributed by atoms with Crippen LogP contribution in [0.15, 0.2) is 30.3 Å². The number of hydrogen-bond acceptors (Lipinski definition) is 7. The van der Waals surface area contributed by atoms with Gasteiger partial charge in [-0.05, 0) is 49.7 Å². The number of ether oxygens (including phenoxy) is 1. The maximum Gasteiger partial charge on any atom is 0.262 e. The van der Waals surface area contributed by atoms with Crippen molar-refractivity contribution in [3.63, 3.8) is 0 Å². The number of rotatable bonds is 7. The van der Waals surface area contributed by atoms with Gasteiger partial charge in [0.2, 0.25) is 5.91 Å². The van der Waals surface area contributed by atoms with Gasteiger partial charge in [0.05, 0.1) is 21.1 Å². The van der Waals surface area contributed by atoms with Crippen LogP contribution in [-0.2, 0) is 24.2 Å². The van der Waals surface area contributed by atoms with Crippen LogP contribution in [0.3, 0.4) is 0 Å². The summed E-state index contributed by atoms with van der Waals surface area (Å²) in [5.41, 5.74) is 1.85. The number of sulfone groups is 1. The minimum absolute atomic E-state index is 0.0120. The summed E-state index contributed by atoms with van der Waals surface area (Å²) >= 11 is 6.89. The second-order valence-electron chi connectivity index (χ2n) is 7.68. The van der Waals surface area contributed by atoms with Crippen molar-refractivity contribution in [1.29, 1.82) is 0 Å². The fraction of sp³-hybridized carbons (Fsp3) is 0.381. The number of aryl methyl sites for hydroxylation is 1. The van der Waals surface area contributed by atoms with E-state index in [9.17, 15) is 22.8 Å². The van der Waals surface area contributed by atoms with Gasteiger partial charge in [-0.25, -0.2) is 8.42 Å². The molecular weight excluding hydrogens is 490 g/mol. The zero-order chi connectivity index (χ0) is 24.3. The lowest BCUT2D eigenvalue weighted by molar-refractivity contribution is -0.125. The van der Waals surface area contributed by atoms with Gasteiger partial charge in [0.25, 0.3) is 11.8 Å². The third-order valence-electron chi connectivity index (χ3n) is 5.25. The summed E-state index contributed by atoms with van der Waals surface area (Å²) in [6.45, 7) is 4.03. The van der Waals surface area contributed by atoms with Crippen LogP contribution in [0.4, 0.5) is 11.4 Å². The first-order chi connectivity index (χ1) is 15.5. The van der Waals surface area contributed by atoms with Crippen LogP contribution < -0.4 is 15.5 Å². The molecule has 3 rings (SSSR count). The summed E-state index contributed by atoms with van der Waals surface area (Å²) in [6, 6.07) is 6.70. The van der Waals surface area contributed by atoms with E-state index in [2.05, 4.69) is 10.6 Å². The Morgan fingerprint density at radius 2 is 1.97 bits per heavy atom. The van der Waals surface area contributed by atoms with Gasteiger partial charge in [-0.1, -0.05) is 11.6 Å². The molecule has 2 unspecified atom stereocenters. The molecule has 9 nitrogen and oxygen atoms in total. The summed E-state index contributed by atoms with van der Waals surface area (Å²) < 4.78 is 29.9. The Hall–Kier alpha value is -2.47. The molecular formula is C21H24ClN3O6S2. The number of thiophene rings is 1. The highest BCUT2D eigenvalue weighted by atomic mass is 35.5. The SMILES string of the molecule is Cc1cc(NC(=O)C(NC(=O)c2ccc(Cl)s2)C(C)S(C)(=O)=O)ccc1N1CCOCC1=O. The molecule has 2 heterocycles. The van der Waals surface area contributed by atoms with E-state index in [0.29, 0.717) is 28.9 Å². The molecule has 0 bridgehead atoms. The Kier molecular flexibility index (Phi) is 7.78. The summed E-state index contributed by atoms with van der Waals surface area (Å²) in [5, 5.41) is 4.00. The molecule has 1 aromatic heterocycles. The van der Waals surface area contributed by atoms with Crippen molar-refractivity contribution in [3.05, 3.63) is 45.1 Å². The van der Waals surface area contributed by atoms with E-state index in [1.807, 2.05) is 0 Å². The van der Waals surface area contributed by atoms with Crippen LogP contribution in [0.25, 0.3) is 0 Å². The highest BCUT2D eigenvalue weighted by molar-refractivity contribution is 7.91. The Balaban J connectivity index is 1.80. The lowest BCUT2D eigenvalue weighted by atomic mass is 10.1. The van der Waals surface area contributed by atoms with Gasteiger partial charge in [0, 0.05) is 24.2 Å². The third-order valence-corrected chi connectivity index (χ3v) is 8.10. The fourth-order valence-electron chi connectivity index (χ4n) is 3.32. The first-order valence-corrected chi connectivity index (χ1v) is 13.2. The van der Waals surface area contributed by atoms with E-state index in [0.717, 1.165) is 23.2 Å². The molecule has 33 heavy (non-hydrogen) atoms. The minimum Gasteiger partial charge on any atom is -0.370 e. The minimum atomic E-state index is -3.65. The highest BCUT2D eigenvalue weighted by Gasteiger charge is 2.34. The number of carbonyl (C=O) groups is 3. The van der Waals surface area contributed by atoms with Crippen molar-refractivity contribution in [2.24, 2.45) is 0 Å². The monoisotopic (exact) mass is 513 g/mol. The Labute approximate surface area is 201 Å². The lowest BCUT2D eigenvalue weighted by Gasteiger charge is -2.28. The second-order valence-corrected chi connectivity index (χ2v) is 11.8. The number of nitrogens with zero attached hydrogens (tertiary/aromatic N) is 1. The molecule has 0 spiro atoms. The molecule has 1 aromatic carbocycles. The van der Waals surface area contributed by atoms with E-state index in [-0.39, 0.29) is 17.4 Å². The molecule has 1 aliphatic heterocycles. The van der Waals surface area contributed by atoms with Gasteiger partial charge in [0.1, 0.15) is 12.6 Å². The number of benzene rings is 1. The predicted molar refractivity (Wildman–Crippen MR) is 128 cm³/mol. The summed E-state index contributed by atoms with van der Waals surface area (Å²) in [5.74, 6) is -1.43. The lowest BCUT2D eigenvalue weighted by Crippen LogP contribution is -2.52. The van der Waals surface area contributed by atoms with Gasteiger partial charge in [-0.2, -0.15) is 0 Å². The third kappa shape index (κ3) is 6.11. The molecule has 1 fully saturated rings. The molecule has 1 aliphatic rings. The Morgan fingerprint density at radius 3 is 2.55 bits per heavy atom. The predicted octanol–water partition coefficient (Wildman–Crippen LogP) is 2.24. The average Bonchev–Trinajstić information content (AvgIpc) is 3.18. The van der Waals surface area contributed by atoms with E-state index >= 15 is 0 Å². The molecule has 2 aromatic rings. The van der Waals surface area contributed by atoms with E-state index < -0.39 is 32.9 Å². The second kappa shape index (κ2) is 10.2. The first-order valence-electron chi connectivity index (χ1n) is 10.0. The number of hydrogen-bond donors (Lipinski definition) is 2. The summed E-state index contributed by atoms with van der Waals surface area (Å²) in [4.78, 5) is 39.6. The van der Waals surface area contributed by atoms with Crippen LogP contribution in [0.1, 0.15) is 22.2 Å². The maximum atomic E-state index is 13.0. The van der Waals surface area contributed by atoms with Crippen molar-refractivity contribution < 1.29 is 27.5 Å². The van der Waals surface area contributed by atoms with Gasteiger partial charge >= 0.3 is 0 Å². The largest absolute Gasteiger partial charge is 0.370 e. The molecule has 178 valence electrons. The number of nitrogens with one attached hydrogen (secondary N) is 2. The highest BCUT2D eigenvalue weighted by Crippen LogP contribution is 2.26. The number of amides is 3. The van der Waals surface area contributed by atoms with Crippen LogP contribution in [0.5, 0.6) is 0 Å². The molecule has 2 N–H and O–H groups in total.